The molecule has 3 rings (SSSR count). The van der Waals surface area contributed by atoms with E-state index in [0.717, 1.165) is 48.7 Å². The lowest BCUT2D eigenvalue weighted by atomic mass is 9.97. The zero-order chi connectivity index (χ0) is 26.1. The average Bonchev–Trinajstić information content (AvgIpc) is 2.86. The fraction of sp³-hybridized carbons (Fsp3) is 0.519. The van der Waals surface area contributed by atoms with Gasteiger partial charge in [0.25, 0.3) is 0 Å². The Kier molecular flexibility index (Phi) is 9.93. The molecule has 4 N–H and O–H groups in total. The van der Waals surface area contributed by atoms with Crippen LogP contribution in [0.25, 0.3) is 0 Å². The van der Waals surface area contributed by atoms with Gasteiger partial charge >= 0.3 is 5.97 Å². The second kappa shape index (κ2) is 13.1. The van der Waals surface area contributed by atoms with E-state index in [1.54, 1.807) is 0 Å². The summed E-state index contributed by atoms with van der Waals surface area (Å²) < 4.78 is 0. The number of nitrogens with zero attached hydrogens (tertiary/aromatic N) is 2. The first-order chi connectivity index (χ1) is 17.2. The van der Waals surface area contributed by atoms with E-state index in [-0.39, 0.29) is 24.7 Å². The number of carboxylic acid groups (broad SMARTS) is 1. The predicted octanol–water partition coefficient (Wildman–Crippen LogP) is 2.14. The first kappa shape index (κ1) is 27.3. The summed E-state index contributed by atoms with van der Waals surface area (Å²) in [6, 6.07) is 9.08. The molecule has 1 aliphatic heterocycles. The van der Waals surface area contributed by atoms with Crippen molar-refractivity contribution in [1.82, 2.24) is 25.9 Å². The van der Waals surface area contributed by atoms with Crippen LogP contribution in [0.15, 0.2) is 36.4 Å². The maximum atomic E-state index is 12.9. The smallest absolute Gasteiger partial charge is 0.326 e. The number of aryl methyl sites for hydroxylation is 2. The van der Waals surface area contributed by atoms with Crippen LogP contribution in [-0.4, -0.2) is 58.0 Å². The number of rotatable bonds is 11. The van der Waals surface area contributed by atoms with Crippen molar-refractivity contribution in [3.05, 3.63) is 59.2 Å². The summed E-state index contributed by atoms with van der Waals surface area (Å²) in [6.07, 6.45) is 2.76. The van der Waals surface area contributed by atoms with Crippen LogP contribution in [0.5, 0.6) is 0 Å². The van der Waals surface area contributed by atoms with Crippen molar-refractivity contribution >= 4 is 17.8 Å². The third kappa shape index (κ3) is 8.12. The quantitative estimate of drug-likeness (QED) is 0.375. The van der Waals surface area contributed by atoms with Crippen LogP contribution in [0, 0.1) is 12.8 Å². The Morgan fingerprint density at radius 2 is 1.78 bits per heavy atom. The average molecular weight is 496 g/mol. The van der Waals surface area contributed by atoms with Crippen molar-refractivity contribution in [1.29, 1.82) is 0 Å². The van der Waals surface area contributed by atoms with Gasteiger partial charge in [-0.05, 0) is 56.8 Å². The summed E-state index contributed by atoms with van der Waals surface area (Å²) in [7, 11) is 0. The zero-order valence-electron chi connectivity index (χ0n) is 21.3. The first-order valence-electron chi connectivity index (χ1n) is 12.6. The van der Waals surface area contributed by atoms with Gasteiger partial charge in [-0.15, -0.1) is 0 Å². The number of amides is 2. The van der Waals surface area contributed by atoms with Crippen molar-refractivity contribution < 1.29 is 19.5 Å². The van der Waals surface area contributed by atoms with Gasteiger partial charge in [0.2, 0.25) is 11.8 Å². The highest BCUT2D eigenvalue weighted by Gasteiger charge is 2.29. The number of hydrogen-bond donors (Lipinski definition) is 4. The Labute approximate surface area is 212 Å². The van der Waals surface area contributed by atoms with Crippen molar-refractivity contribution in [2.45, 2.75) is 70.9 Å². The SMILES string of the molecule is Cc1cc(CCC(=O)N[C@H](C(=O)N[C@@H](Cc2ccccc2)C(=O)O)C(C)C)nc(C2CCNCC2)n1. The Hall–Kier alpha value is -3.33. The molecular weight excluding hydrogens is 458 g/mol. The molecule has 1 aliphatic rings. The number of carboxylic acids is 1. The highest BCUT2D eigenvalue weighted by atomic mass is 16.4. The molecule has 1 saturated heterocycles. The van der Waals surface area contributed by atoms with Crippen LogP contribution in [0.3, 0.4) is 0 Å². The number of piperidine rings is 1. The molecule has 0 aliphatic carbocycles. The minimum absolute atomic E-state index is 0.160. The molecule has 0 radical (unpaired) electrons. The molecule has 2 atom stereocenters. The molecule has 194 valence electrons. The highest BCUT2D eigenvalue weighted by Crippen LogP contribution is 2.22. The number of carbonyl (C=O) groups excluding carboxylic acids is 2. The summed E-state index contributed by atoms with van der Waals surface area (Å²) in [5, 5.41) is 18.4. The van der Waals surface area contributed by atoms with Crippen molar-refractivity contribution in [2.75, 3.05) is 13.1 Å². The molecule has 2 heterocycles. The number of aromatic nitrogens is 2. The lowest BCUT2D eigenvalue weighted by Crippen LogP contribution is -2.54. The van der Waals surface area contributed by atoms with Crippen molar-refractivity contribution in [3.63, 3.8) is 0 Å². The molecular formula is C27H37N5O4. The summed E-state index contributed by atoms with van der Waals surface area (Å²) in [6.45, 7) is 7.47. The number of hydrogen-bond acceptors (Lipinski definition) is 6. The molecule has 1 aromatic carbocycles. The number of aliphatic carboxylic acids is 1. The Morgan fingerprint density at radius 3 is 2.42 bits per heavy atom. The third-order valence-electron chi connectivity index (χ3n) is 6.40. The second-order valence-corrected chi connectivity index (χ2v) is 9.76. The van der Waals surface area contributed by atoms with E-state index >= 15 is 0 Å². The molecule has 36 heavy (non-hydrogen) atoms. The Morgan fingerprint density at radius 1 is 1.08 bits per heavy atom. The van der Waals surface area contributed by atoms with E-state index in [0.29, 0.717) is 12.3 Å². The normalized spacial score (nSPS) is 15.8. The van der Waals surface area contributed by atoms with Crippen LogP contribution in [-0.2, 0) is 27.2 Å². The largest absolute Gasteiger partial charge is 0.480 e. The fourth-order valence-corrected chi connectivity index (χ4v) is 4.38. The highest BCUT2D eigenvalue weighted by molar-refractivity contribution is 5.90. The topological polar surface area (TPSA) is 133 Å². The van der Waals surface area contributed by atoms with E-state index in [2.05, 4.69) is 20.9 Å². The number of nitrogens with one attached hydrogen (secondary N) is 3. The van der Waals surface area contributed by atoms with Crippen LogP contribution in [0.2, 0.25) is 0 Å². The lowest BCUT2D eigenvalue weighted by Gasteiger charge is -2.24. The zero-order valence-corrected chi connectivity index (χ0v) is 21.3. The molecule has 0 unspecified atom stereocenters. The van der Waals surface area contributed by atoms with Gasteiger partial charge in [0, 0.05) is 30.1 Å². The lowest BCUT2D eigenvalue weighted by molar-refractivity contribution is -0.142. The van der Waals surface area contributed by atoms with Crippen LogP contribution in [0.1, 0.15) is 61.8 Å². The molecule has 0 bridgehead atoms. The van der Waals surface area contributed by atoms with Gasteiger partial charge in [-0.3, -0.25) is 9.59 Å². The summed E-state index contributed by atoms with van der Waals surface area (Å²) in [5.41, 5.74) is 2.50. The van der Waals surface area contributed by atoms with Gasteiger partial charge in [-0.1, -0.05) is 44.2 Å². The monoisotopic (exact) mass is 495 g/mol. The molecule has 0 saturated carbocycles. The van der Waals surface area contributed by atoms with Crippen LogP contribution < -0.4 is 16.0 Å². The van der Waals surface area contributed by atoms with E-state index in [1.807, 2.05) is 57.2 Å². The van der Waals surface area contributed by atoms with Crippen molar-refractivity contribution in [2.24, 2.45) is 5.92 Å². The molecule has 1 fully saturated rings. The number of benzene rings is 1. The third-order valence-corrected chi connectivity index (χ3v) is 6.40. The van der Waals surface area contributed by atoms with Gasteiger partial charge in [0.15, 0.2) is 0 Å². The molecule has 0 spiro atoms. The van der Waals surface area contributed by atoms with Gasteiger partial charge < -0.3 is 21.1 Å². The van der Waals surface area contributed by atoms with Crippen molar-refractivity contribution in [3.8, 4) is 0 Å². The maximum absolute atomic E-state index is 12.9. The van der Waals surface area contributed by atoms with E-state index in [1.165, 1.54) is 0 Å². The van der Waals surface area contributed by atoms with Gasteiger partial charge in [-0.2, -0.15) is 0 Å². The van der Waals surface area contributed by atoms with Gasteiger partial charge in [0.1, 0.15) is 17.9 Å². The molecule has 9 nitrogen and oxygen atoms in total. The fourth-order valence-electron chi connectivity index (χ4n) is 4.38. The minimum Gasteiger partial charge on any atom is -0.480 e. The van der Waals surface area contributed by atoms with Gasteiger partial charge in [0.05, 0.1) is 0 Å². The van der Waals surface area contributed by atoms with E-state index < -0.39 is 24.0 Å². The van der Waals surface area contributed by atoms with Crippen LogP contribution in [0.4, 0.5) is 0 Å². The summed E-state index contributed by atoms with van der Waals surface area (Å²) in [4.78, 5) is 46.8. The van der Waals surface area contributed by atoms with Gasteiger partial charge in [-0.25, -0.2) is 14.8 Å². The second-order valence-electron chi connectivity index (χ2n) is 9.76. The molecule has 2 amide bonds. The Bertz CT molecular complexity index is 1040. The standard InChI is InChI=1S/C27H37N5O4/c1-17(2)24(26(34)31-22(27(35)36)16-19-7-5-4-6-8-19)32-23(33)10-9-21-15-18(3)29-25(30-21)20-11-13-28-14-12-20/h4-8,15,17,20,22,24,28H,9-14,16H2,1-3H3,(H,31,34)(H,32,33)(H,35,36)/t22-,24-/m0/s1. The maximum Gasteiger partial charge on any atom is 0.326 e. The first-order valence-corrected chi connectivity index (χ1v) is 12.6. The van der Waals surface area contributed by atoms with E-state index in [9.17, 15) is 19.5 Å². The molecule has 2 aromatic rings. The summed E-state index contributed by atoms with van der Waals surface area (Å²) >= 11 is 0. The van der Waals surface area contributed by atoms with E-state index in [4.69, 9.17) is 4.98 Å². The number of carbonyl (C=O) groups is 3. The molecule has 9 heteroatoms. The minimum atomic E-state index is -1.12. The Balaban J connectivity index is 1.58. The molecule has 1 aromatic heterocycles. The predicted molar refractivity (Wildman–Crippen MR) is 136 cm³/mol. The summed E-state index contributed by atoms with van der Waals surface area (Å²) in [5.74, 6) is -0.959. The van der Waals surface area contributed by atoms with Crippen LogP contribution >= 0.6 is 0 Å².